The molecule has 2 heterocycles. The molecule has 0 aliphatic carbocycles. The van der Waals surface area contributed by atoms with Gasteiger partial charge in [-0.1, -0.05) is 20.3 Å². The number of nitrogens with one attached hydrogen (secondary N) is 1. The average molecular weight is 419 g/mol. The Hall–Kier alpha value is -0.720. The molecule has 1 aromatic rings. The fourth-order valence-electron chi connectivity index (χ4n) is 2.74. The maximum absolute atomic E-state index is 5.38. The third kappa shape index (κ3) is 6.58. The van der Waals surface area contributed by atoms with Crippen LogP contribution in [0.15, 0.2) is 27.8 Å². The van der Waals surface area contributed by atoms with E-state index in [1.54, 1.807) is 6.26 Å². The first kappa shape index (κ1) is 19.3. The molecular weight excluding hydrogens is 389 g/mol. The second-order valence-electron chi connectivity index (χ2n) is 6.01. The summed E-state index contributed by atoms with van der Waals surface area (Å²) in [4.78, 5) is 7.21. The minimum Gasteiger partial charge on any atom is -0.469 e. The molecule has 22 heavy (non-hydrogen) atoms. The number of nitrogens with zero attached hydrogens (tertiary/aromatic N) is 2. The number of rotatable bonds is 6. The fraction of sp³-hybridized carbons (Fsp3) is 0.706. The van der Waals surface area contributed by atoms with Gasteiger partial charge in [-0.05, 0) is 37.3 Å². The summed E-state index contributed by atoms with van der Waals surface area (Å²) in [6.45, 7) is 8.59. The first-order valence-corrected chi connectivity index (χ1v) is 8.35. The summed E-state index contributed by atoms with van der Waals surface area (Å²) in [6.07, 6.45) is 7.60. The Morgan fingerprint density at radius 3 is 3.05 bits per heavy atom. The van der Waals surface area contributed by atoms with Crippen molar-refractivity contribution in [2.24, 2.45) is 10.9 Å². The number of likely N-dealkylation sites (tertiary alicyclic amines) is 1. The molecule has 2 rings (SSSR count). The van der Waals surface area contributed by atoms with E-state index in [9.17, 15) is 0 Å². The molecule has 0 bridgehead atoms. The van der Waals surface area contributed by atoms with Crippen molar-refractivity contribution in [2.45, 2.75) is 46.0 Å². The van der Waals surface area contributed by atoms with Crippen LogP contribution in [-0.2, 0) is 6.42 Å². The van der Waals surface area contributed by atoms with Crippen LogP contribution in [-0.4, -0.2) is 37.0 Å². The van der Waals surface area contributed by atoms with Crippen molar-refractivity contribution < 1.29 is 4.42 Å². The predicted octanol–water partition coefficient (Wildman–Crippen LogP) is 3.92. The highest BCUT2D eigenvalue weighted by Gasteiger charge is 2.19. The molecule has 126 valence electrons. The highest BCUT2D eigenvalue weighted by atomic mass is 127. The van der Waals surface area contributed by atoms with E-state index in [1.165, 1.54) is 19.3 Å². The second-order valence-corrected chi connectivity index (χ2v) is 6.01. The molecule has 1 unspecified atom stereocenters. The third-order valence-electron chi connectivity index (χ3n) is 3.96. The van der Waals surface area contributed by atoms with Gasteiger partial charge in [-0.3, -0.25) is 4.99 Å². The summed E-state index contributed by atoms with van der Waals surface area (Å²) >= 11 is 0. The van der Waals surface area contributed by atoms with Gasteiger partial charge in [0.15, 0.2) is 5.96 Å². The monoisotopic (exact) mass is 419 g/mol. The maximum atomic E-state index is 5.38. The molecule has 1 N–H and O–H groups in total. The number of aliphatic imine (C=N–C) groups is 1. The van der Waals surface area contributed by atoms with E-state index in [1.807, 2.05) is 12.1 Å². The van der Waals surface area contributed by atoms with Crippen molar-refractivity contribution in [1.29, 1.82) is 0 Å². The van der Waals surface area contributed by atoms with Gasteiger partial charge in [-0.2, -0.15) is 0 Å². The lowest BCUT2D eigenvalue weighted by atomic mass is 10.0. The standard InChI is InChI=1S/C17H29N3O.HI/c1-3-4-10-18-17(20-12-5-7-15(2)14-20)19-11-9-16-8-6-13-21-16;/h6,8,13,15H,3-5,7,9-12,14H2,1-2H3,(H,18,19);1H. The normalized spacial score (nSPS) is 18.9. The number of halogens is 1. The van der Waals surface area contributed by atoms with Crippen LogP contribution in [0.2, 0.25) is 0 Å². The zero-order valence-corrected chi connectivity index (χ0v) is 16.2. The molecule has 0 saturated carbocycles. The molecule has 1 atom stereocenters. The van der Waals surface area contributed by atoms with Crippen LogP contribution in [0, 0.1) is 5.92 Å². The quantitative estimate of drug-likeness (QED) is 0.329. The maximum Gasteiger partial charge on any atom is 0.193 e. The van der Waals surface area contributed by atoms with Crippen molar-refractivity contribution in [3.05, 3.63) is 24.2 Å². The Bertz CT molecular complexity index is 420. The van der Waals surface area contributed by atoms with Gasteiger partial charge in [0.2, 0.25) is 0 Å². The van der Waals surface area contributed by atoms with Gasteiger partial charge in [0, 0.05) is 32.6 Å². The summed E-state index contributed by atoms with van der Waals surface area (Å²) in [5.74, 6) is 2.88. The molecule has 1 fully saturated rings. The molecule has 4 nitrogen and oxygen atoms in total. The minimum atomic E-state index is 0. The summed E-state index contributed by atoms with van der Waals surface area (Å²) in [6, 6.07) is 3.97. The largest absolute Gasteiger partial charge is 0.469 e. The van der Waals surface area contributed by atoms with Crippen molar-refractivity contribution in [3.63, 3.8) is 0 Å². The van der Waals surface area contributed by atoms with Crippen LogP contribution < -0.4 is 5.32 Å². The summed E-state index contributed by atoms with van der Waals surface area (Å²) in [5.41, 5.74) is 0. The van der Waals surface area contributed by atoms with Gasteiger partial charge in [-0.15, -0.1) is 24.0 Å². The number of hydrogen-bond acceptors (Lipinski definition) is 2. The molecule has 1 saturated heterocycles. The Kier molecular flexibility index (Phi) is 9.59. The van der Waals surface area contributed by atoms with Gasteiger partial charge in [0.05, 0.1) is 6.26 Å². The number of unbranched alkanes of at least 4 members (excludes halogenated alkanes) is 1. The predicted molar refractivity (Wildman–Crippen MR) is 103 cm³/mol. The van der Waals surface area contributed by atoms with Crippen LogP contribution in [0.1, 0.15) is 45.3 Å². The number of piperidine rings is 1. The lowest BCUT2D eigenvalue weighted by Crippen LogP contribution is -2.46. The van der Waals surface area contributed by atoms with Crippen LogP contribution in [0.4, 0.5) is 0 Å². The Morgan fingerprint density at radius 2 is 2.36 bits per heavy atom. The van der Waals surface area contributed by atoms with Crippen molar-refractivity contribution >= 4 is 29.9 Å². The third-order valence-corrected chi connectivity index (χ3v) is 3.96. The molecule has 1 aromatic heterocycles. The topological polar surface area (TPSA) is 40.8 Å². The molecule has 1 aliphatic rings. The summed E-state index contributed by atoms with van der Waals surface area (Å²) in [5, 5.41) is 3.52. The van der Waals surface area contributed by atoms with E-state index in [0.29, 0.717) is 0 Å². The number of furan rings is 1. The highest BCUT2D eigenvalue weighted by molar-refractivity contribution is 14.0. The van der Waals surface area contributed by atoms with E-state index >= 15 is 0 Å². The van der Waals surface area contributed by atoms with Crippen LogP contribution in [0.5, 0.6) is 0 Å². The zero-order valence-electron chi connectivity index (χ0n) is 13.9. The van der Waals surface area contributed by atoms with Crippen LogP contribution >= 0.6 is 24.0 Å². The van der Waals surface area contributed by atoms with Gasteiger partial charge < -0.3 is 14.6 Å². The first-order valence-electron chi connectivity index (χ1n) is 8.35. The Balaban J connectivity index is 0.00000242. The summed E-state index contributed by atoms with van der Waals surface area (Å²) in [7, 11) is 0. The fourth-order valence-corrected chi connectivity index (χ4v) is 2.74. The number of guanidine groups is 1. The van der Waals surface area contributed by atoms with Gasteiger partial charge in [0.25, 0.3) is 0 Å². The van der Waals surface area contributed by atoms with E-state index < -0.39 is 0 Å². The van der Waals surface area contributed by atoms with E-state index in [2.05, 4.69) is 24.1 Å². The van der Waals surface area contributed by atoms with Gasteiger partial charge in [-0.25, -0.2) is 0 Å². The van der Waals surface area contributed by atoms with Gasteiger partial charge >= 0.3 is 0 Å². The molecule has 0 radical (unpaired) electrons. The smallest absolute Gasteiger partial charge is 0.193 e. The molecule has 1 aliphatic heterocycles. The molecule has 0 aromatic carbocycles. The molecule has 5 heteroatoms. The van der Waals surface area contributed by atoms with E-state index in [-0.39, 0.29) is 24.0 Å². The first-order chi connectivity index (χ1) is 10.3. The van der Waals surface area contributed by atoms with Crippen LogP contribution in [0.3, 0.4) is 0 Å². The molecular formula is C17H30IN3O. The molecule has 0 spiro atoms. The second kappa shape index (κ2) is 10.9. The van der Waals surface area contributed by atoms with Crippen molar-refractivity contribution in [2.75, 3.05) is 26.2 Å². The van der Waals surface area contributed by atoms with E-state index in [4.69, 9.17) is 9.41 Å². The number of hydrogen-bond donors (Lipinski definition) is 1. The summed E-state index contributed by atoms with van der Waals surface area (Å²) < 4.78 is 5.38. The molecule has 0 amide bonds. The van der Waals surface area contributed by atoms with Crippen LogP contribution in [0.25, 0.3) is 0 Å². The van der Waals surface area contributed by atoms with E-state index in [0.717, 1.165) is 56.7 Å². The lowest BCUT2D eigenvalue weighted by molar-refractivity contribution is 0.265. The Labute approximate surface area is 151 Å². The Morgan fingerprint density at radius 1 is 1.50 bits per heavy atom. The average Bonchev–Trinajstić information content (AvgIpc) is 2.99. The van der Waals surface area contributed by atoms with Crippen molar-refractivity contribution in [3.8, 4) is 0 Å². The highest BCUT2D eigenvalue weighted by Crippen LogP contribution is 2.15. The van der Waals surface area contributed by atoms with Gasteiger partial charge in [0.1, 0.15) is 5.76 Å². The van der Waals surface area contributed by atoms with Crippen molar-refractivity contribution in [1.82, 2.24) is 10.2 Å². The zero-order chi connectivity index (χ0) is 14.9. The lowest BCUT2D eigenvalue weighted by Gasteiger charge is -2.33. The minimum absolute atomic E-state index is 0. The SMILES string of the molecule is CCCCN=C(NCCc1ccco1)N1CCCC(C)C1.I.